The number of methoxy groups -OCH3 is 1. The predicted octanol–water partition coefficient (Wildman–Crippen LogP) is 2.25. The van der Waals surface area contributed by atoms with Gasteiger partial charge in [-0.1, -0.05) is 12.1 Å². The number of hydrogen-bond donors (Lipinski definition) is 0. The lowest BCUT2D eigenvalue weighted by Crippen LogP contribution is -1.96. The van der Waals surface area contributed by atoms with Crippen LogP contribution < -0.4 is 4.74 Å². The topological polar surface area (TPSA) is 43.4 Å². The third-order valence-corrected chi connectivity index (χ3v) is 3.56. The molecule has 0 aromatic heterocycles. The number of ether oxygens (including phenoxy) is 1. The highest BCUT2D eigenvalue weighted by Gasteiger charge is 2.07. The molecular formula is C12H12O3S. The van der Waals surface area contributed by atoms with Crippen LogP contribution in [-0.4, -0.2) is 21.8 Å². The molecule has 0 amide bonds. The molecule has 2 rings (SSSR count). The Kier molecular flexibility index (Phi) is 2.59. The van der Waals surface area contributed by atoms with Crippen LogP contribution in [0.15, 0.2) is 41.3 Å². The summed E-state index contributed by atoms with van der Waals surface area (Å²) in [7, 11) is -1.54. The predicted molar refractivity (Wildman–Crippen MR) is 63.6 cm³/mol. The Morgan fingerprint density at radius 2 is 1.62 bits per heavy atom. The van der Waals surface area contributed by atoms with Gasteiger partial charge in [0.25, 0.3) is 0 Å². The molecule has 0 spiro atoms. The van der Waals surface area contributed by atoms with Crippen molar-refractivity contribution in [2.75, 3.05) is 13.4 Å². The maximum Gasteiger partial charge on any atom is 0.175 e. The molecule has 3 nitrogen and oxygen atoms in total. The van der Waals surface area contributed by atoms with Gasteiger partial charge < -0.3 is 4.74 Å². The van der Waals surface area contributed by atoms with Crippen molar-refractivity contribution in [1.29, 1.82) is 0 Å². The Bertz CT molecular complexity index is 630. The molecule has 2 aromatic rings. The first-order valence-electron chi connectivity index (χ1n) is 4.78. The summed E-state index contributed by atoms with van der Waals surface area (Å²) in [5.41, 5.74) is 0. The van der Waals surface area contributed by atoms with Crippen LogP contribution in [0.3, 0.4) is 0 Å². The third-order valence-electron chi connectivity index (χ3n) is 2.45. The van der Waals surface area contributed by atoms with Crippen LogP contribution in [0.1, 0.15) is 0 Å². The van der Waals surface area contributed by atoms with Gasteiger partial charge in [0.1, 0.15) is 5.75 Å². The van der Waals surface area contributed by atoms with E-state index in [0.717, 1.165) is 16.5 Å². The minimum Gasteiger partial charge on any atom is -0.497 e. The molecule has 0 heterocycles. The third kappa shape index (κ3) is 2.02. The second-order valence-corrected chi connectivity index (χ2v) is 5.66. The van der Waals surface area contributed by atoms with Crippen LogP contribution in [0.4, 0.5) is 0 Å². The molecule has 0 N–H and O–H groups in total. The Labute approximate surface area is 94.6 Å². The van der Waals surface area contributed by atoms with Crippen molar-refractivity contribution >= 4 is 20.6 Å². The highest BCUT2D eigenvalue weighted by Crippen LogP contribution is 2.23. The molecule has 16 heavy (non-hydrogen) atoms. The highest BCUT2D eigenvalue weighted by molar-refractivity contribution is 7.90. The summed E-state index contributed by atoms with van der Waals surface area (Å²) in [6, 6.07) is 10.6. The van der Waals surface area contributed by atoms with Gasteiger partial charge in [0, 0.05) is 6.26 Å². The number of rotatable bonds is 2. The summed E-state index contributed by atoms with van der Waals surface area (Å²) in [6.07, 6.45) is 1.21. The molecule has 0 aliphatic heterocycles. The van der Waals surface area contributed by atoms with Crippen LogP contribution >= 0.6 is 0 Å². The van der Waals surface area contributed by atoms with Crippen molar-refractivity contribution in [3.05, 3.63) is 36.4 Å². The van der Waals surface area contributed by atoms with Gasteiger partial charge in [-0.25, -0.2) is 8.42 Å². The first-order valence-corrected chi connectivity index (χ1v) is 6.68. The van der Waals surface area contributed by atoms with Crippen LogP contribution in [0, 0.1) is 0 Å². The van der Waals surface area contributed by atoms with Crippen molar-refractivity contribution in [2.24, 2.45) is 0 Å². The quantitative estimate of drug-likeness (QED) is 0.803. The van der Waals surface area contributed by atoms with Crippen LogP contribution in [0.25, 0.3) is 10.8 Å². The Balaban J connectivity index is 2.65. The minimum absolute atomic E-state index is 0.338. The van der Waals surface area contributed by atoms with Crippen molar-refractivity contribution in [2.45, 2.75) is 4.90 Å². The van der Waals surface area contributed by atoms with E-state index in [-0.39, 0.29) is 0 Å². The van der Waals surface area contributed by atoms with Gasteiger partial charge in [-0.3, -0.25) is 0 Å². The SMILES string of the molecule is COc1ccc2cc(S(C)(=O)=O)ccc2c1. The first-order chi connectivity index (χ1) is 7.50. The van der Waals surface area contributed by atoms with Crippen LogP contribution in [-0.2, 0) is 9.84 Å². The van der Waals surface area contributed by atoms with Gasteiger partial charge in [-0.05, 0) is 35.0 Å². The van der Waals surface area contributed by atoms with E-state index in [2.05, 4.69) is 0 Å². The van der Waals surface area contributed by atoms with E-state index in [1.807, 2.05) is 18.2 Å². The maximum atomic E-state index is 11.4. The monoisotopic (exact) mass is 236 g/mol. The maximum absolute atomic E-state index is 11.4. The molecule has 2 aromatic carbocycles. The molecule has 0 radical (unpaired) electrons. The number of fused-ring (bicyclic) bond motifs is 1. The van der Waals surface area contributed by atoms with E-state index >= 15 is 0 Å². The lowest BCUT2D eigenvalue weighted by atomic mass is 10.1. The van der Waals surface area contributed by atoms with Crippen molar-refractivity contribution < 1.29 is 13.2 Å². The highest BCUT2D eigenvalue weighted by atomic mass is 32.2. The lowest BCUT2D eigenvalue weighted by molar-refractivity contribution is 0.415. The van der Waals surface area contributed by atoms with Gasteiger partial charge in [0.2, 0.25) is 0 Å². The molecule has 0 atom stereocenters. The Morgan fingerprint density at radius 3 is 2.25 bits per heavy atom. The molecule has 0 bridgehead atoms. The van der Waals surface area contributed by atoms with E-state index in [0.29, 0.717) is 4.90 Å². The van der Waals surface area contributed by atoms with E-state index in [1.165, 1.54) is 6.26 Å². The fraction of sp³-hybridized carbons (Fsp3) is 0.167. The number of benzene rings is 2. The standard InChI is InChI=1S/C12H12O3S/c1-15-11-5-3-10-8-12(16(2,13)14)6-4-9(10)7-11/h3-8H,1-2H3. The fourth-order valence-corrected chi connectivity index (χ4v) is 2.22. The fourth-order valence-electron chi connectivity index (χ4n) is 1.56. The van der Waals surface area contributed by atoms with Gasteiger partial charge in [0.05, 0.1) is 12.0 Å². The van der Waals surface area contributed by atoms with Gasteiger partial charge in [0.15, 0.2) is 9.84 Å². The average molecular weight is 236 g/mol. The van der Waals surface area contributed by atoms with E-state index in [4.69, 9.17) is 4.74 Å². The molecule has 0 saturated carbocycles. The smallest absolute Gasteiger partial charge is 0.175 e. The van der Waals surface area contributed by atoms with E-state index in [1.54, 1.807) is 25.3 Å². The van der Waals surface area contributed by atoms with Gasteiger partial charge in [-0.2, -0.15) is 0 Å². The Morgan fingerprint density at radius 1 is 1.00 bits per heavy atom. The number of sulfone groups is 1. The summed E-state index contributed by atoms with van der Waals surface area (Å²) in [5.74, 6) is 0.764. The summed E-state index contributed by atoms with van der Waals surface area (Å²) < 4.78 is 27.9. The van der Waals surface area contributed by atoms with E-state index in [9.17, 15) is 8.42 Å². The second-order valence-electron chi connectivity index (χ2n) is 3.65. The second kappa shape index (κ2) is 3.79. The first kappa shape index (κ1) is 11.0. The Hall–Kier alpha value is -1.55. The van der Waals surface area contributed by atoms with Crippen LogP contribution in [0.5, 0.6) is 5.75 Å². The summed E-state index contributed by atoms with van der Waals surface area (Å²) >= 11 is 0. The molecule has 4 heteroatoms. The van der Waals surface area contributed by atoms with Crippen LogP contribution in [0.2, 0.25) is 0 Å². The molecule has 0 aliphatic carbocycles. The zero-order chi connectivity index (χ0) is 11.8. The molecular weight excluding hydrogens is 224 g/mol. The zero-order valence-electron chi connectivity index (χ0n) is 9.10. The molecule has 0 unspecified atom stereocenters. The largest absolute Gasteiger partial charge is 0.497 e. The van der Waals surface area contributed by atoms with Crippen molar-refractivity contribution in [3.63, 3.8) is 0 Å². The van der Waals surface area contributed by atoms with Crippen molar-refractivity contribution in [3.8, 4) is 5.75 Å². The molecule has 0 aliphatic rings. The molecule has 0 fully saturated rings. The lowest BCUT2D eigenvalue weighted by Gasteiger charge is -2.04. The van der Waals surface area contributed by atoms with Gasteiger partial charge in [-0.15, -0.1) is 0 Å². The number of hydrogen-bond acceptors (Lipinski definition) is 3. The molecule has 84 valence electrons. The average Bonchev–Trinajstić information content (AvgIpc) is 2.26. The summed E-state index contributed by atoms with van der Waals surface area (Å²) in [4.78, 5) is 0.338. The van der Waals surface area contributed by atoms with Gasteiger partial charge >= 0.3 is 0 Å². The normalized spacial score (nSPS) is 11.6. The zero-order valence-corrected chi connectivity index (χ0v) is 9.91. The summed E-state index contributed by atoms with van der Waals surface area (Å²) in [6.45, 7) is 0. The van der Waals surface area contributed by atoms with E-state index < -0.39 is 9.84 Å². The molecule has 0 saturated heterocycles. The van der Waals surface area contributed by atoms with Crippen molar-refractivity contribution in [1.82, 2.24) is 0 Å². The summed E-state index contributed by atoms with van der Waals surface area (Å²) in [5, 5.41) is 1.86. The minimum atomic E-state index is -3.14.